The Bertz CT molecular complexity index is 392. The molecule has 2 N–H and O–H groups in total. The fourth-order valence-corrected chi connectivity index (χ4v) is 1.46. The summed E-state index contributed by atoms with van der Waals surface area (Å²) < 4.78 is 0. The molecule has 0 radical (unpaired) electrons. The summed E-state index contributed by atoms with van der Waals surface area (Å²) in [7, 11) is 0. The van der Waals surface area contributed by atoms with Crippen molar-refractivity contribution in [3.63, 3.8) is 0 Å². The molecule has 13 heavy (non-hydrogen) atoms. The molecule has 2 aliphatic carbocycles. The van der Waals surface area contributed by atoms with Gasteiger partial charge in [-0.25, -0.2) is 0 Å². The van der Waals surface area contributed by atoms with Gasteiger partial charge in [-0.1, -0.05) is 30.4 Å². The third-order valence-electron chi connectivity index (χ3n) is 2.18. The first-order valence-electron chi connectivity index (χ1n) is 4.21. The Morgan fingerprint density at radius 1 is 1.00 bits per heavy atom. The molecule has 0 aromatic rings. The molecule has 0 bridgehead atoms. The maximum absolute atomic E-state index is 7.70. The highest BCUT2D eigenvalue weighted by Gasteiger charge is 2.15. The van der Waals surface area contributed by atoms with E-state index in [9.17, 15) is 0 Å². The quantitative estimate of drug-likeness (QED) is 0.524. The van der Waals surface area contributed by atoms with Crippen LogP contribution in [0.2, 0.25) is 0 Å². The van der Waals surface area contributed by atoms with E-state index in [2.05, 4.69) is 6.08 Å². The molecular formula is C11H10N2. The Morgan fingerprint density at radius 3 is 2.69 bits per heavy atom. The van der Waals surface area contributed by atoms with Crippen LogP contribution in [0.15, 0.2) is 47.6 Å². The van der Waals surface area contributed by atoms with Gasteiger partial charge in [-0.3, -0.25) is 10.8 Å². The number of rotatable bonds is 0. The van der Waals surface area contributed by atoms with Gasteiger partial charge in [0, 0.05) is 5.57 Å². The summed E-state index contributed by atoms with van der Waals surface area (Å²) in [6.45, 7) is 0. The van der Waals surface area contributed by atoms with Gasteiger partial charge in [-0.05, 0) is 18.1 Å². The lowest BCUT2D eigenvalue weighted by Gasteiger charge is -2.12. The van der Waals surface area contributed by atoms with Gasteiger partial charge < -0.3 is 0 Å². The summed E-state index contributed by atoms with van der Waals surface area (Å²) >= 11 is 0. The van der Waals surface area contributed by atoms with Crippen molar-refractivity contribution in [1.29, 1.82) is 10.8 Å². The predicted octanol–water partition coefficient (Wildman–Crippen LogP) is 2.41. The zero-order chi connectivity index (χ0) is 9.26. The predicted molar refractivity (Wildman–Crippen MR) is 54.5 cm³/mol. The molecule has 0 amide bonds. The smallest absolute Gasteiger partial charge is 0.0864 e. The van der Waals surface area contributed by atoms with Crippen LogP contribution < -0.4 is 0 Å². The van der Waals surface area contributed by atoms with Gasteiger partial charge in [0.15, 0.2) is 0 Å². The molecule has 0 saturated carbocycles. The van der Waals surface area contributed by atoms with E-state index < -0.39 is 0 Å². The average molecular weight is 170 g/mol. The summed E-state index contributed by atoms with van der Waals surface area (Å²) in [6, 6.07) is 0. The SMILES string of the molecule is N=C1C=CC2=C(C=CC=CC2)C1=N. The monoisotopic (exact) mass is 170 g/mol. The molecule has 2 rings (SSSR count). The van der Waals surface area contributed by atoms with Gasteiger partial charge in [-0.2, -0.15) is 0 Å². The van der Waals surface area contributed by atoms with Crippen LogP contribution in [0, 0.1) is 10.8 Å². The molecule has 64 valence electrons. The molecular weight excluding hydrogens is 160 g/mol. The molecule has 2 nitrogen and oxygen atoms in total. The van der Waals surface area contributed by atoms with Gasteiger partial charge in [0.05, 0.1) is 11.4 Å². The van der Waals surface area contributed by atoms with Gasteiger partial charge in [0.25, 0.3) is 0 Å². The number of allylic oxidation sites excluding steroid dienone is 8. The summed E-state index contributed by atoms with van der Waals surface area (Å²) in [5, 5.41) is 15.2. The number of hydrogen-bond acceptors (Lipinski definition) is 2. The van der Waals surface area contributed by atoms with Crippen molar-refractivity contribution in [2.75, 3.05) is 0 Å². The fraction of sp³-hybridized carbons (Fsp3) is 0.0909. The average Bonchev–Trinajstić information content (AvgIpc) is 2.36. The second-order valence-electron chi connectivity index (χ2n) is 3.05. The van der Waals surface area contributed by atoms with Gasteiger partial charge in [0.2, 0.25) is 0 Å². The van der Waals surface area contributed by atoms with Gasteiger partial charge in [0.1, 0.15) is 0 Å². The third-order valence-corrected chi connectivity index (χ3v) is 2.18. The Kier molecular flexibility index (Phi) is 1.81. The van der Waals surface area contributed by atoms with E-state index >= 15 is 0 Å². The first-order valence-corrected chi connectivity index (χ1v) is 4.21. The minimum absolute atomic E-state index is 0.297. The number of hydrogen-bond donors (Lipinski definition) is 2. The van der Waals surface area contributed by atoms with Crippen molar-refractivity contribution in [2.45, 2.75) is 6.42 Å². The van der Waals surface area contributed by atoms with E-state index in [4.69, 9.17) is 10.8 Å². The van der Waals surface area contributed by atoms with Crippen molar-refractivity contribution in [3.8, 4) is 0 Å². The van der Waals surface area contributed by atoms with Crippen LogP contribution in [0.3, 0.4) is 0 Å². The standard InChI is InChI=1S/C11H10N2/c12-10-7-6-8-4-2-1-3-5-9(8)11(10)13/h1-3,5-7,12-13H,4H2. The zero-order valence-corrected chi connectivity index (χ0v) is 7.17. The summed E-state index contributed by atoms with van der Waals surface area (Å²) in [5.74, 6) is 0. The summed E-state index contributed by atoms with van der Waals surface area (Å²) in [5.41, 5.74) is 2.64. The van der Waals surface area contributed by atoms with Gasteiger partial charge in [-0.15, -0.1) is 0 Å². The normalized spacial score (nSPS) is 20.6. The van der Waals surface area contributed by atoms with Crippen LogP contribution in [-0.2, 0) is 0 Å². The van der Waals surface area contributed by atoms with Gasteiger partial charge >= 0.3 is 0 Å². The largest absolute Gasteiger partial charge is 0.299 e. The summed E-state index contributed by atoms with van der Waals surface area (Å²) in [4.78, 5) is 0. The molecule has 0 aromatic heterocycles. The van der Waals surface area contributed by atoms with Crippen molar-refractivity contribution in [1.82, 2.24) is 0 Å². The Balaban J connectivity index is 2.50. The molecule has 0 aliphatic heterocycles. The van der Waals surface area contributed by atoms with E-state index in [-0.39, 0.29) is 0 Å². The molecule has 2 heteroatoms. The van der Waals surface area contributed by atoms with Crippen LogP contribution in [0.4, 0.5) is 0 Å². The highest BCUT2D eigenvalue weighted by atomic mass is 14.5. The molecule has 0 unspecified atom stereocenters. The molecule has 0 fully saturated rings. The second-order valence-corrected chi connectivity index (χ2v) is 3.05. The van der Waals surface area contributed by atoms with Crippen LogP contribution in [0.25, 0.3) is 0 Å². The molecule has 0 aromatic carbocycles. The second kappa shape index (κ2) is 2.98. The fourth-order valence-electron chi connectivity index (χ4n) is 1.46. The lowest BCUT2D eigenvalue weighted by molar-refractivity contribution is 1.27. The molecule has 0 saturated heterocycles. The molecule has 0 heterocycles. The molecule has 0 atom stereocenters. The maximum atomic E-state index is 7.70. The van der Waals surface area contributed by atoms with Crippen LogP contribution >= 0.6 is 0 Å². The topological polar surface area (TPSA) is 47.7 Å². The van der Waals surface area contributed by atoms with Crippen LogP contribution in [0.5, 0.6) is 0 Å². The van der Waals surface area contributed by atoms with E-state index in [1.54, 1.807) is 6.08 Å². The lowest BCUT2D eigenvalue weighted by Crippen LogP contribution is -2.15. The van der Waals surface area contributed by atoms with Crippen molar-refractivity contribution in [2.24, 2.45) is 0 Å². The maximum Gasteiger partial charge on any atom is 0.0864 e. The van der Waals surface area contributed by atoms with Crippen molar-refractivity contribution in [3.05, 3.63) is 47.6 Å². The van der Waals surface area contributed by atoms with Crippen LogP contribution in [0.1, 0.15) is 6.42 Å². The minimum Gasteiger partial charge on any atom is -0.299 e. The zero-order valence-electron chi connectivity index (χ0n) is 7.17. The van der Waals surface area contributed by atoms with Crippen LogP contribution in [-0.4, -0.2) is 11.4 Å². The van der Waals surface area contributed by atoms with E-state index in [0.29, 0.717) is 11.4 Å². The molecule has 0 spiro atoms. The first kappa shape index (κ1) is 7.92. The third kappa shape index (κ3) is 1.31. The van der Waals surface area contributed by atoms with E-state index in [1.807, 2.05) is 24.3 Å². The van der Waals surface area contributed by atoms with E-state index in [1.165, 1.54) is 0 Å². The lowest BCUT2D eigenvalue weighted by atomic mass is 9.93. The molecule has 2 aliphatic rings. The highest BCUT2D eigenvalue weighted by molar-refractivity contribution is 6.51. The Hall–Kier alpha value is -1.70. The first-order chi connectivity index (χ1) is 6.29. The number of nitrogens with one attached hydrogen (secondary N) is 2. The van der Waals surface area contributed by atoms with E-state index in [0.717, 1.165) is 17.6 Å². The Labute approximate surface area is 77.0 Å². The highest BCUT2D eigenvalue weighted by Crippen LogP contribution is 2.21. The Morgan fingerprint density at radius 2 is 1.85 bits per heavy atom. The van der Waals surface area contributed by atoms with Crippen molar-refractivity contribution < 1.29 is 0 Å². The minimum atomic E-state index is 0.297. The summed E-state index contributed by atoms with van der Waals surface area (Å²) in [6.07, 6.45) is 12.3. The van der Waals surface area contributed by atoms with Crippen molar-refractivity contribution >= 4 is 11.4 Å².